The summed E-state index contributed by atoms with van der Waals surface area (Å²) in [5.41, 5.74) is 0.192. The molecule has 2 aromatic heterocycles. The number of aromatic nitrogens is 2. The van der Waals surface area contributed by atoms with Crippen molar-refractivity contribution in [1.82, 2.24) is 15.3 Å². The first-order valence-electron chi connectivity index (χ1n) is 6.37. The van der Waals surface area contributed by atoms with Crippen LogP contribution < -0.4 is 10.9 Å². The Balaban J connectivity index is 2.52. The minimum Gasteiger partial charge on any atom is -0.462 e. The van der Waals surface area contributed by atoms with E-state index in [1.54, 1.807) is 13.8 Å². The normalized spacial score (nSPS) is 10.6. The number of likely N-dealkylation sites (N-methyl/N-ethyl adjacent to an activating group) is 1. The summed E-state index contributed by atoms with van der Waals surface area (Å²) in [6.45, 7) is 3.66. The van der Waals surface area contributed by atoms with Crippen molar-refractivity contribution in [2.45, 2.75) is 20.3 Å². The summed E-state index contributed by atoms with van der Waals surface area (Å²) < 4.78 is 4.96. The maximum Gasteiger partial charge on any atom is 0.348 e. The molecule has 0 saturated carbocycles. The SMILES string of the molecule is CCOC(=O)c1sc2nc(CC(=O)NC)[nH]c(=O)c2c1C. The minimum atomic E-state index is -0.467. The number of esters is 1. The fraction of sp³-hybridized carbons (Fsp3) is 0.385. The van der Waals surface area contributed by atoms with E-state index in [4.69, 9.17) is 4.74 Å². The predicted molar refractivity (Wildman–Crippen MR) is 78.7 cm³/mol. The smallest absolute Gasteiger partial charge is 0.348 e. The Bertz CT molecular complexity index is 763. The number of nitrogens with zero attached hydrogens (tertiary/aromatic N) is 1. The van der Waals surface area contributed by atoms with Gasteiger partial charge in [0, 0.05) is 7.05 Å². The molecule has 0 aliphatic carbocycles. The number of thiophene rings is 1. The topological polar surface area (TPSA) is 101 Å². The number of amides is 1. The van der Waals surface area contributed by atoms with E-state index in [-0.39, 0.29) is 30.3 Å². The average Bonchev–Trinajstić information content (AvgIpc) is 2.76. The summed E-state index contributed by atoms with van der Waals surface area (Å²) in [5, 5.41) is 2.83. The molecule has 0 bridgehead atoms. The van der Waals surface area contributed by atoms with Gasteiger partial charge in [-0.3, -0.25) is 9.59 Å². The highest BCUT2D eigenvalue weighted by atomic mass is 32.1. The summed E-state index contributed by atoms with van der Waals surface area (Å²) in [4.78, 5) is 42.9. The molecule has 7 nitrogen and oxygen atoms in total. The van der Waals surface area contributed by atoms with E-state index in [0.29, 0.717) is 20.7 Å². The van der Waals surface area contributed by atoms with Crippen molar-refractivity contribution >= 4 is 33.4 Å². The standard InChI is InChI=1S/C13H15N3O4S/c1-4-20-13(19)10-6(2)9-11(18)15-7(5-8(17)14-3)16-12(9)21-10/h4-5H2,1-3H3,(H,14,17)(H,15,16,18). The molecule has 2 heterocycles. The van der Waals surface area contributed by atoms with E-state index in [0.717, 1.165) is 11.3 Å². The van der Waals surface area contributed by atoms with Gasteiger partial charge < -0.3 is 15.0 Å². The van der Waals surface area contributed by atoms with Crippen LogP contribution in [-0.2, 0) is 16.0 Å². The Morgan fingerprint density at radius 3 is 2.76 bits per heavy atom. The lowest BCUT2D eigenvalue weighted by atomic mass is 10.2. The van der Waals surface area contributed by atoms with Gasteiger partial charge in [-0.25, -0.2) is 9.78 Å². The van der Waals surface area contributed by atoms with Gasteiger partial charge in [0.05, 0.1) is 18.4 Å². The monoisotopic (exact) mass is 309 g/mol. The van der Waals surface area contributed by atoms with Crippen LogP contribution in [0.1, 0.15) is 28.0 Å². The predicted octanol–water partition coefficient (Wildman–Crippen LogP) is 0.758. The Morgan fingerprint density at radius 2 is 2.14 bits per heavy atom. The Kier molecular flexibility index (Phi) is 4.37. The molecule has 0 atom stereocenters. The third kappa shape index (κ3) is 2.94. The third-order valence-corrected chi connectivity index (χ3v) is 4.08. The maximum absolute atomic E-state index is 12.1. The molecule has 0 saturated heterocycles. The first-order chi connectivity index (χ1) is 9.97. The molecule has 0 aliphatic heterocycles. The van der Waals surface area contributed by atoms with Gasteiger partial charge >= 0.3 is 5.97 Å². The van der Waals surface area contributed by atoms with Gasteiger partial charge in [-0.2, -0.15) is 0 Å². The van der Waals surface area contributed by atoms with Crippen LogP contribution in [0.15, 0.2) is 4.79 Å². The molecule has 0 unspecified atom stereocenters. The molecule has 0 spiro atoms. The van der Waals surface area contributed by atoms with Gasteiger partial charge in [0.1, 0.15) is 15.5 Å². The zero-order valence-corrected chi connectivity index (χ0v) is 12.7. The number of aromatic amines is 1. The quantitative estimate of drug-likeness (QED) is 0.812. The number of aryl methyl sites for hydroxylation is 1. The van der Waals surface area contributed by atoms with E-state index in [1.807, 2.05) is 0 Å². The lowest BCUT2D eigenvalue weighted by Gasteiger charge is -2.00. The highest BCUT2D eigenvalue weighted by Crippen LogP contribution is 2.27. The molecular weight excluding hydrogens is 294 g/mol. The Morgan fingerprint density at radius 1 is 1.43 bits per heavy atom. The second kappa shape index (κ2) is 6.04. The highest BCUT2D eigenvalue weighted by Gasteiger charge is 2.20. The van der Waals surface area contributed by atoms with Crippen LogP contribution in [0.4, 0.5) is 0 Å². The molecule has 8 heteroatoms. The maximum atomic E-state index is 12.1. The molecule has 21 heavy (non-hydrogen) atoms. The van der Waals surface area contributed by atoms with Crippen LogP contribution in [0, 0.1) is 6.92 Å². The molecule has 0 radical (unpaired) electrons. The molecule has 2 N–H and O–H groups in total. The average molecular weight is 309 g/mol. The number of ether oxygens (including phenoxy) is 1. The Labute approximate surface area is 124 Å². The summed E-state index contributed by atoms with van der Waals surface area (Å²) in [7, 11) is 1.51. The third-order valence-electron chi connectivity index (χ3n) is 2.92. The van der Waals surface area contributed by atoms with Crippen molar-refractivity contribution in [3.05, 3.63) is 26.6 Å². The lowest BCUT2D eigenvalue weighted by molar-refractivity contribution is -0.120. The molecule has 2 rings (SSSR count). The first kappa shape index (κ1) is 15.2. The van der Waals surface area contributed by atoms with Gasteiger partial charge in [0.15, 0.2) is 0 Å². The minimum absolute atomic E-state index is 0.0205. The number of H-pyrrole nitrogens is 1. The van der Waals surface area contributed by atoms with E-state index in [1.165, 1.54) is 7.05 Å². The number of rotatable bonds is 4. The van der Waals surface area contributed by atoms with Crippen molar-refractivity contribution in [3.8, 4) is 0 Å². The van der Waals surface area contributed by atoms with Crippen molar-refractivity contribution in [2.24, 2.45) is 0 Å². The summed E-state index contributed by atoms with van der Waals surface area (Å²) >= 11 is 1.10. The van der Waals surface area contributed by atoms with Crippen LogP contribution >= 0.6 is 11.3 Å². The number of hydrogen-bond donors (Lipinski definition) is 2. The van der Waals surface area contributed by atoms with Gasteiger partial charge in [-0.05, 0) is 19.4 Å². The second-order valence-corrected chi connectivity index (χ2v) is 5.32. The largest absolute Gasteiger partial charge is 0.462 e. The second-order valence-electron chi connectivity index (χ2n) is 4.32. The number of hydrogen-bond acceptors (Lipinski definition) is 6. The molecule has 0 fully saturated rings. The van der Waals surface area contributed by atoms with Crippen LogP contribution in [0.2, 0.25) is 0 Å². The van der Waals surface area contributed by atoms with Gasteiger partial charge in [-0.15, -0.1) is 11.3 Å². The van der Waals surface area contributed by atoms with Crippen LogP contribution in [-0.4, -0.2) is 35.5 Å². The number of fused-ring (bicyclic) bond motifs is 1. The zero-order valence-electron chi connectivity index (χ0n) is 11.9. The fourth-order valence-electron chi connectivity index (χ4n) is 1.90. The van der Waals surface area contributed by atoms with Crippen LogP contribution in [0.5, 0.6) is 0 Å². The lowest BCUT2D eigenvalue weighted by Crippen LogP contribution is -2.23. The van der Waals surface area contributed by atoms with E-state index >= 15 is 0 Å². The van der Waals surface area contributed by atoms with Crippen molar-refractivity contribution < 1.29 is 14.3 Å². The van der Waals surface area contributed by atoms with E-state index in [2.05, 4.69) is 15.3 Å². The highest BCUT2D eigenvalue weighted by molar-refractivity contribution is 7.20. The number of carbonyl (C=O) groups excluding carboxylic acids is 2. The number of nitrogens with one attached hydrogen (secondary N) is 2. The van der Waals surface area contributed by atoms with Crippen molar-refractivity contribution in [2.75, 3.05) is 13.7 Å². The Hall–Kier alpha value is -2.22. The van der Waals surface area contributed by atoms with Crippen molar-refractivity contribution in [1.29, 1.82) is 0 Å². The van der Waals surface area contributed by atoms with Gasteiger partial charge in [0.25, 0.3) is 5.56 Å². The molecule has 112 valence electrons. The summed E-state index contributed by atoms with van der Waals surface area (Å²) in [5.74, 6) is -0.454. The van der Waals surface area contributed by atoms with E-state index in [9.17, 15) is 14.4 Å². The van der Waals surface area contributed by atoms with Gasteiger partial charge in [0.2, 0.25) is 5.91 Å². The molecule has 0 aromatic carbocycles. The molecular formula is C13H15N3O4S. The molecule has 2 aromatic rings. The van der Waals surface area contributed by atoms with Crippen LogP contribution in [0.25, 0.3) is 10.2 Å². The zero-order chi connectivity index (χ0) is 15.6. The van der Waals surface area contributed by atoms with E-state index < -0.39 is 5.97 Å². The summed E-state index contributed by atoms with van der Waals surface area (Å²) in [6, 6.07) is 0. The van der Waals surface area contributed by atoms with Crippen LogP contribution in [0.3, 0.4) is 0 Å². The fourth-order valence-corrected chi connectivity index (χ4v) is 3.00. The summed E-state index contributed by atoms with van der Waals surface area (Å²) in [6.07, 6.45) is -0.0205. The van der Waals surface area contributed by atoms with Gasteiger partial charge in [-0.1, -0.05) is 0 Å². The first-order valence-corrected chi connectivity index (χ1v) is 7.19. The number of carbonyl (C=O) groups is 2. The van der Waals surface area contributed by atoms with Crippen molar-refractivity contribution in [3.63, 3.8) is 0 Å². The molecule has 0 aliphatic rings. The molecule has 1 amide bonds.